The second kappa shape index (κ2) is 7.06. The Labute approximate surface area is 153 Å². The van der Waals surface area contributed by atoms with Crippen LogP contribution in [0.4, 0.5) is 4.39 Å². The van der Waals surface area contributed by atoms with E-state index < -0.39 is 0 Å². The molecule has 138 valence electrons. The molecule has 3 aromatic heterocycles. The second-order valence-corrected chi connectivity index (χ2v) is 6.30. The van der Waals surface area contributed by atoms with Crippen LogP contribution < -0.4 is 0 Å². The van der Waals surface area contributed by atoms with Gasteiger partial charge in [0.25, 0.3) is 0 Å². The van der Waals surface area contributed by atoms with Crippen molar-refractivity contribution in [3.63, 3.8) is 0 Å². The third-order valence-electron chi connectivity index (χ3n) is 4.43. The average molecular weight is 368 g/mol. The van der Waals surface area contributed by atoms with Crippen LogP contribution in [0.5, 0.6) is 0 Å². The number of oxazole rings is 2. The van der Waals surface area contributed by atoms with Gasteiger partial charge in [0.05, 0.1) is 30.9 Å². The van der Waals surface area contributed by atoms with E-state index in [4.69, 9.17) is 8.83 Å². The highest BCUT2D eigenvalue weighted by atomic mass is 19.1. The van der Waals surface area contributed by atoms with Gasteiger partial charge in [0.2, 0.25) is 5.91 Å². The van der Waals surface area contributed by atoms with Gasteiger partial charge in [0, 0.05) is 16.6 Å². The summed E-state index contributed by atoms with van der Waals surface area (Å²) in [4.78, 5) is 26.0. The maximum absolute atomic E-state index is 13.7. The summed E-state index contributed by atoms with van der Waals surface area (Å²) in [6.07, 6.45) is 5.76. The van der Waals surface area contributed by atoms with Crippen molar-refractivity contribution in [2.75, 3.05) is 0 Å². The molecule has 0 unspecified atom stereocenters. The fourth-order valence-electron chi connectivity index (χ4n) is 3.10. The lowest BCUT2D eigenvalue weighted by Gasteiger charge is -2.20. The first-order valence-electron chi connectivity index (χ1n) is 8.39. The molecule has 4 rings (SSSR count). The number of aromatic nitrogens is 3. The first-order valence-corrected chi connectivity index (χ1v) is 8.39. The van der Waals surface area contributed by atoms with E-state index in [0.717, 1.165) is 16.8 Å². The maximum atomic E-state index is 13.7. The van der Waals surface area contributed by atoms with Gasteiger partial charge in [-0.3, -0.25) is 4.79 Å². The highest BCUT2D eigenvalue weighted by Gasteiger charge is 2.20. The Hall–Kier alpha value is -3.42. The normalized spacial score (nSPS) is 11.2. The molecule has 0 spiro atoms. The summed E-state index contributed by atoms with van der Waals surface area (Å²) in [5, 5.41) is 0.712. The number of aryl methyl sites for hydroxylation is 1. The van der Waals surface area contributed by atoms with Crippen molar-refractivity contribution >= 4 is 16.8 Å². The van der Waals surface area contributed by atoms with E-state index in [-0.39, 0.29) is 31.2 Å². The van der Waals surface area contributed by atoms with Gasteiger partial charge >= 0.3 is 0 Å². The number of aromatic amines is 1. The van der Waals surface area contributed by atoms with Crippen LogP contribution in [0.1, 0.15) is 22.6 Å². The minimum absolute atomic E-state index is 0.130. The Bertz CT molecular complexity index is 1020. The Balaban J connectivity index is 1.61. The van der Waals surface area contributed by atoms with Crippen molar-refractivity contribution in [2.24, 2.45) is 0 Å². The van der Waals surface area contributed by atoms with Crippen molar-refractivity contribution in [1.29, 1.82) is 0 Å². The van der Waals surface area contributed by atoms with Gasteiger partial charge in [-0.15, -0.1) is 0 Å². The number of halogens is 1. The fraction of sp³-hybridized carbons (Fsp3) is 0.211. The van der Waals surface area contributed by atoms with Crippen molar-refractivity contribution in [3.05, 3.63) is 72.0 Å². The molecular formula is C19H17FN4O3. The Morgan fingerprint density at radius 2 is 1.81 bits per heavy atom. The molecule has 0 fully saturated rings. The van der Waals surface area contributed by atoms with Crippen molar-refractivity contribution in [1.82, 2.24) is 19.9 Å². The molecule has 0 bridgehead atoms. The average Bonchev–Trinajstić information content (AvgIpc) is 3.38. The molecule has 0 aliphatic rings. The first-order chi connectivity index (χ1) is 13.1. The zero-order valence-electron chi connectivity index (χ0n) is 14.6. The van der Waals surface area contributed by atoms with Crippen LogP contribution in [0.15, 0.2) is 52.3 Å². The summed E-state index contributed by atoms with van der Waals surface area (Å²) in [7, 11) is 0. The van der Waals surface area contributed by atoms with E-state index in [9.17, 15) is 9.18 Å². The van der Waals surface area contributed by atoms with E-state index in [1.165, 1.54) is 37.4 Å². The van der Waals surface area contributed by atoms with Gasteiger partial charge in [0.1, 0.15) is 18.3 Å². The first kappa shape index (κ1) is 17.0. The molecule has 0 saturated heterocycles. The maximum Gasteiger partial charge on any atom is 0.227 e. The minimum atomic E-state index is -0.336. The Morgan fingerprint density at radius 1 is 1.15 bits per heavy atom. The molecule has 3 heterocycles. The summed E-state index contributed by atoms with van der Waals surface area (Å²) in [5.41, 5.74) is 3.69. The largest absolute Gasteiger partial charge is 0.451 e. The van der Waals surface area contributed by atoms with Crippen LogP contribution in [-0.2, 0) is 24.3 Å². The van der Waals surface area contributed by atoms with Gasteiger partial charge in [-0.25, -0.2) is 14.4 Å². The van der Waals surface area contributed by atoms with Gasteiger partial charge in [-0.1, -0.05) is 0 Å². The zero-order valence-corrected chi connectivity index (χ0v) is 14.6. The van der Waals surface area contributed by atoms with Gasteiger partial charge < -0.3 is 18.7 Å². The molecule has 0 atom stereocenters. The third-order valence-corrected chi connectivity index (χ3v) is 4.43. The number of nitrogens with zero attached hydrogens (tertiary/aromatic N) is 3. The molecule has 8 heteroatoms. The smallest absolute Gasteiger partial charge is 0.227 e. The van der Waals surface area contributed by atoms with E-state index in [0.29, 0.717) is 16.8 Å². The van der Waals surface area contributed by atoms with Crippen LogP contribution in [0.25, 0.3) is 10.9 Å². The standard InChI is InChI=1S/C19H17FN4O3/c1-12-16(17-4-13(20)2-3-18(17)23-12)5-19(25)24(6-14-8-26-10-21-14)7-15-9-27-11-22-15/h2-4,8-11,23H,5-7H2,1H3. The lowest BCUT2D eigenvalue weighted by molar-refractivity contribution is -0.131. The summed E-state index contributed by atoms with van der Waals surface area (Å²) < 4.78 is 23.7. The van der Waals surface area contributed by atoms with Crippen LogP contribution in [0.3, 0.4) is 0 Å². The lowest BCUT2D eigenvalue weighted by atomic mass is 10.1. The monoisotopic (exact) mass is 368 g/mol. The quantitative estimate of drug-likeness (QED) is 0.564. The molecule has 1 aromatic carbocycles. The highest BCUT2D eigenvalue weighted by Crippen LogP contribution is 2.24. The summed E-state index contributed by atoms with van der Waals surface area (Å²) in [6, 6.07) is 4.51. The molecule has 1 N–H and O–H groups in total. The molecule has 0 saturated carbocycles. The molecule has 1 amide bonds. The fourth-order valence-corrected chi connectivity index (χ4v) is 3.10. The highest BCUT2D eigenvalue weighted by molar-refractivity contribution is 5.90. The van der Waals surface area contributed by atoms with Crippen LogP contribution >= 0.6 is 0 Å². The van der Waals surface area contributed by atoms with E-state index in [1.807, 2.05) is 6.92 Å². The Kier molecular flexibility index (Phi) is 4.45. The van der Waals surface area contributed by atoms with E-state index in [1.54, 1.807) is 11.0 Å². The topological polar surface area (TPSA) is 88.2 Å². The second-order valence-electron chi connectivity index (χ2n) is 6.30. The summed E-state index contributed by atoms with van der Waals surface area (Å²) in [6.45, 7) is 2.43. The molecule has 27 heavy (non-hydrogen) atoms. The summed E-state index contributed by atoms with van der Waals surface area (Å²) >= 11 is 0. The SMILES string of the molecule is Cc1[nH]c2ccc(F)cc2c1CC(=O)N(Cc1cocn1)Cc1cocn1. The van der Waals surface area contributed by atoms with Crippen molar-refractivity contribution < 1.29 is 18.0 Å². The number of hydrogen-bond donors (Lipinski definition) is 1. The molecule has 0 aliphatic heterocycles. The van der Waals surface area contributed by atoms with E-state index >= 15 is 0 Å². The number of carbonyl (C=O) groups is 1. The number of rotatable bonds is 6. The number of fused-ring (bicyclic) bond motifs is 1. The predicted octanol–water partition coefficient (Wildman–Crippen LogP) is 3.36. The number of H-pyrrole nitrogens is 1. The van der Waals surface area contributed by atoms with Crippen LogP contribution in [0, 0.1) is 12.7 Å². The van der Waals surface area contributed by atoms with Crippen molar-refractivity contribution in [3.8, 4) is 0 Å². The molecule has 0 radical (unpaired) electrons. The van der Waals surface area contributed by atoms with E-state index in [2.05, 4.69) is 15.0 Å². The molecule has 0 aliphatic carbocycles. The Morgan fingerprint density at radius 3 is 2.41 bits per heavy atom. The molecule has 7 nitrogen and oxygen atoms in total. The van der Waals surface area contributed by atoms with Gasteiger partial charge in [-0.05, 0) is 30.7 Å². The number of amides is 1. The molecule has 4 aromatic rings. The molecular weight excluding hydrogens is 351 g/mol. The third kappa shape index (κ3) is 3.59. The lowest BCUT2D eigenvalue weighted by Crippen LogP contribution is -2.31. The van der Waals surface area contributed by atoms with Gasteiger partial charge in [0.15, 0.2) is 12.8 Å². The van der Waals surface area contributed by atoms with Crippen molar-refractivity contribution in [2.45, 2.75) is 26.4 Å². The number of nitrogens with one attached hydrogen (secondary N) is 1. The zero-order chi connectivity index (χ0) is 18.8. The number of benzene rings is 1. The minimum Gasteiger partial charge on any atom is -0.451 e. The van der Waals surface area contributed by atoms with Crippen LogP contribution in [-0.4, -0.2) is 25.8 Å². The number of hydrogen-bond acceptors (Lipinski definition) is 5. The van der Waals surface area contributed by atoms with Gasteiger partial charge in [-0.2, -0.15) is 0 Å². The predicted molar refractivity (Wildman–Crippen MR) is 94.0 cm³/mol. The van der Waals surface area contributed by atoms with Crippen LogP contribution in [0.2, 0.25) is 0 Å². The summed E-state index contributed by atoms with van der Waals surface area (Å²) in [5.74, 6) is -0.466. The number of carbonyl (C=O) groups excluding carboxylic acids is 1.